The van der Waals surface area contributed by atoms with Crippen molar-refractivity contribution in [3.63, 3.8) is 0 Å². The van der Waals surface area contributed by atoms with E-state index in [1.807, 2.05) is 30.3 Å². The molecule has 0 spiro atoms. The Balaban J connectivity index is 1.67. The average molecular weight is 727 g/mol. The first-order valence-corrected chi connectivity index (χ1v) is 18.1. The van der Waals surface area contributed by atoms with Crippen molar-refractivity contribution >= 4 is 50.5 Å². The fraction of sp³-hybridized carbons (Fsp3) is 0.486. The lowest BCUT2D eigenvalue weighted by molar-refractivity contribution is -0.142. The number of likely N-dealkylation sites (tertiary alicyclic amines) is 1. The first-order chi connectivity index (χ1) is 23.9. The molecule has 1 aliphatic heterocycles. The number of fused-ring (bicyclic) bond motifs is 1. The maximum atomic E-state index is 14.4. The van der Waals surface area contributed by atoms with Crippen LogP contribution in [0.5, 0.6) is 5.88 Å². The standard InChI is InChI=1S/C35H46N6O9S/c1-8-17-35(6,32(45)39-51(47,48)24-14-15-24)38-29(43)27-19-23(49-30-25-13-11-10-12-22(25)16-18-36-30)20-41(27)31(44)26(21-40(7)28(42)9-2)37-33(46)50-34(3,4)5/h8-13,16,18,23-24,26-27H,1-2,14-15,17,19-21H2,3-7H3,(H,37,46)(H,38,43)(H,39,45)/t23-,26+,27+,35-/m1/s1. The number of ether oxygens (including phenoxy) is 2. The van der Waals surface area contributed by atoms with Crippen LogP contribution in [0.25, 0.3) is 10.8 Å². The van der Waals surface area contributed by atoms with Crippen LogP contribution in [0.2, 0.25) is 0 Å². The summed E-state index contributed by atoms with van der Waals surface area (Å²) in [7, 11) is -2.53. The summed E-state index contributed by atoms with van der Waals surface area (Å²) in [6, 6.07) is 6.55. The smallest absolute Gasteiger partial charge is 0.408 e. The number of carbonyl (C=O) groups excluding carboxylic acids is 5. The van der Waals surface area contributed by atoms with Crippen LogP contribution in [-0.2, 0) is 33.9 Å². The second-order valence-electron chi connectivity index (χ2n) is 13.9. The minimum Gasteiger partial charge on any atom is -0.472 e. The Kier molecular flexibility index (Phi) is 11.8. The number of sulfonamides is 1. The van der Waals surface area contributed by atoms with E-state index >= 15 is 0 Å². The number of nitrogens with zero attached hydrogens (tertiary/aromatic N) is 3. The monoisotopic (exact) mass is 726 g/mol. The molecule has 5 amide bonds. The molecule has 16 heteroatoms. The molecule has 1 saturated heterocycles. The van der Waals surface area contributed by atoms with Crippen LogP contribution < -0.4 is 20.1 Å². The summed E-state index contributed by atoms with van der Waals surface area (Å²) >= 11 is 0. The van der Waals surface area contributed by atoms with Crippen molar-refractivity contribution in [2.24, 2.45) is 0 Å². The van der Waals surface area contributed by atoms with Gasteiger partial charge in [0, 0.05) is 25.1 Å². The van der Waals surface area contributed by atoms with Crippen LogP contribution in [-0.4, -0.2) is 108 Å². The van der Waals surface area contributed by atoms with Crippen LogP contribution in [0.4, 0.5) is 4.79 Å². The van der Waals surface area contributed by atoms with Crippen LogP contribution in [0.15, 0.2) is 61.8 Å². The summed E-state index contributed by atoms with van der Waals surface area (Å²) in [6.07, 6.45) is 2.92. The number of hydrogen-bond acceptors (Lipinski definition) is 10. The number of amides is 5. The maximum Gasteiger partial charge on any atom is 0.408 e. The highest BCUT2D eigenvalue weighted by molar-refractivity contribution is 7.91. The number of alkyl carbamates (subject to hydrolysis) is 1. The van der Waals surface area contributed by atoms with E-state index in [1.54, 1.807) is 27.0 Å². The molecule has 2 aromatic rings. The number of hydrogen-bond donors (Lipinski definition) is 3. The molecule has 2 aliphatic rings. The number of pyridine rings is 1. The molecule has 0 radical (unpaired) electrons. The quantitative estimate of drug-likeness (QED) is 0.192. The van der Waals surface area contributed by atoms with Crippen molar-refractivity contribution < 1.29 is 41.9 Å². The Bertz CT molecular complexity index is 1800. The van der Waals surface area contributed by atoms with Gasteiger partial charge < -0.3 is 29.9 Å². The zero-order valence-electron chi connectivity index (χ0n) is 29.5. The van der Waals surface area contributed by atoms with Crippen molar-refractivity contribution in [1.82, 2.24) is 30.1 Å². The molecule has 0 bridgehead atoms. The number of aromatic nitrogens is 1. The zero-order chi connectivity index (χ0) is 37.7. The summed E-state index contributed by atoms with van der Waals surface area (Å²) in [5, 5.41) is 6.05. The molecule has 1 aromatic heterocycles. The van der Waals surface area contributed by atoms with E-state index in [0.717, 1.165) is 11.5 Å². The SMILES string of the molecule is C=CC[C@@](C)(NC(=O)[C@@H]1C[C@@H](Oc2nccc3ccccc23)CN1C(=O)[C@H](CN(C)C(=O)C=C)NC(=O)OC(C)(C)C)C(=O)NS(=O)(=O)C1CC1. The molecular formula is C35H46N6O9S. The summed E-state index contributed by atoms with van der Waals surface area (Å²) in [4.78, 5) is 74.0. The molecule has 1 aliphatic carbocycles. The summed E-state index contributed by atoms with van der Waals surface area (Å²) in [5.41, 5.74) is -2.68. The minimum absolute atomic E-state index is 0.0603. The number of carbonyl (C=O) groups is 5. The summed E-state index contributed by atoms with van der Waals surface area (Å²) < 4.78 is 39.0. The molecule has 4 atom stereocenters. The van der Waals surface area contributed by atoms with E-state index in [-0.39, 0.29) is 31.8 Å². The van der Waals surface area contributed by atoms with Crippen molar-refractivity contribution in [1.29, 1.82) is 0 Å². The average Bonchev–Trinajstić information content (AvgIpc) is 3.84. The minimum atomic E-state index is -3.95. The second kappa shape index (κ2) is 15.5. The van der Waals surface area contributed by atoms with Crippen molar-refractivity contribution in [2.75, 3.05) is 20.1 Å². The molecule has 4 rings (SSSR count). The molecule has 0 unspecified atom stereocenters. The fourth-order valence-corrected chi connectivity index (χ4v) is 7.03. The highest BCUT2D eigenvalue weighted by Crippen LogP contribution is 2.30. The van der Waals surface area contributed by atoms with Gasteiger partial charge in [0.15, 0.2) is 0 Å². The molecule has 1 saturated carbocycles. The van der Waals surface area contributed by atoms with Crippen molar-refractivity contribution in [3.05, 3.63) is 61.8 Å². The lowest BCUT2D eigenvalue weighted by atomic mass is 9.96. The molecule has 3 N–H and O–H groups in total. The van der Waals surface area contributed by atoms with Crippen LogP contribution >= 0.6 is 0 Å². The zero-order valence-corrected chi connectivity index (χ0v) is 30.3. The molecule has 2 heterocycles. The van der Waals surface area contributed by atoms with Gasteiger partial charge in [-0.1, -0.05) is 30.9 Å². The van der Waals surface area contributed by atoms with Gasteiger partial charge in [-0.05, 0) is 70.6 Å². The molecule has 276 valence electrons. The first kappa shape index (κ1) is 38.8. The van der Waals surface area contributed by atoms with Gasteiger partial charge in [-0.25, -0.2) is 18.2 Å². The molecule has 1 aromatic carbocycles. The summed E-state index contributed by atoms with van der Waals surface area (Å²) in [5.74, 6) is -2.74. The third-order valence-electron chi connectivity index (χ3n) is 8.41. The van der Waals surface area contributed by atoms with Gasteiger partial charge in [0.1, 0.15) is 29.3 Å². The molecule has 51 heavy (non-hydrogen) atoms. The Morgan fingerprint density at radius 3 is 2.41 bits per heavy atom. The lowest BCUT2D eigenvalue weighted by Crippen LogP contribution is -2.62. The van der Waals surface area contributed by atoms with Gasteiger partial charge in [0.05, 0.1) is 18.3 Å². The van der Waals surface area contributed by atoms with Crippen LogP contribution in [0.3, 0.4) is 0 Å². The summed E-state index contributed by atoms with van der Waals surface area (Å²) in [6.45, 7) is 13.0. The number of rotatable bonds is 14. The van der Waals surface area contributed by atoms with Gasteiger partial charge in [0.2, 0.25) is 33.6 Å². The normalized spacial score (nSPS) is 19.2. The first-order valence-electron chi connectivity index (χ1n) is 16.5. The van der Waals surface area contributed by atoms with Gasteiger partial charge in [-0.3, -0.25) is 23.9 Å². The number of likely N-dealkylation sites (N-methyl/N-ethyl adjacent to an activating group) is 1. The van der Waals surface area contributed by atoms with Gasteiger partial charge in [-0.2, -0.15) is 0 Å². The Labute approximate surface area is 297 Å². The van der Waals surface area contributed by atoms with E-state index < -0.39 is 74.3 Å². The largest absolute Gasteiger partial charge is 0.472 e. The third kappa shape index (κ3) is 9.84. The van der Waals surface area contributed by atoms with E-state index in [0.29, 0.717) is 18.2 Å². The van der Waals surface area contributed by atoms with Gasteiger partial charge in [0.25, 0.3) is 5.91 Å². The predicted octanol–water partition coefficient (Wildman–Crippen LogP) is 2.18. The highest BCUT2D eigenvalue weighted by atomic mass is 32.2. The van der Waals surface area contributed by atoms with E-state index in [9.17, 15) is 32.4 Å². The molecule has 2 fully saturated rings. The van der Waals surface area contributed by atoms with E-state index in [4.69, 9.17) is 9.47 Å². The Hall–Kier alpha value is -4.99. The number of nitrogens with one attached hydrogen (secondary N) is 3. The fourth-order valence-electron chi connectivity index (χ4n) is 5.62. The molecule has 15 nitrogen and oxygen atoms in total. The topological polar surface area (TPSA) is 193 Å². The Morgan fingerprint density at radius 2 is 1.78 bits per heavy atom. The van der Waals surface area contributed by atoms with Gasteiger partial charge >= 0.3 is 6.09 Å². The van der Waals surface area contributed by atoms with E-state index in [2.05, 4.69) is 33.5 Å². The van der Waals surface area contributed by atoms with Crippen molar-refractivity contribution in [2.45, 2.75) is 88.0 Å². The second-order valence-corrected chi connectivity index (χ2v) is 15.9. The lowest BCUT2D eigenvalue weighted by Gasteiger charge is -2.33. The third-order valence-corrected chi connectivity index (χ3v) is 10.2. The van der Waals surface area contributed by atoms with Gasteiger partial charge in [-0.15, -0.1) is 6.58 Å². The van der Waals surface area contributed by atoms with E-state index in [1.165, 1.54) is 29.8 Å². The van der Waals surface area contributed by atoms with Crippen LogP contribution in [0, 0.1) is 0 Å². The van der Waals surface area contributed by atoms with Crippen LogP contribution in [0.1, 0.15) is 53.4 Å². The highest BCUT2D eigenvalue weighted by Gasteiger charge is 2.47. The predicted molar refractivity (Wildman–Crippen MR) is 189 cm³/mol. The molecular weight excluding hydrogens is 680 g/mol. The maximum absolute atomic E-state index is 14.4. The van der Waals surface area contributed by atoms with Crippen molar-refractivity contribution in [3.8, 4) is 5.88 Å². The number of benzene rings is 1. The Morgan fingerprint density at radius 1 is 1.10 bits per heavy atom.